The van der Waals surface area contributed by atoms with E-state index in [4.69, 9.17) is 14.2 Å². The molecule has 0 unspecified atom stereocenters. The fourth-order valence-electron chi connectivity index (χ4n) is 1.62. The van der Waals surface area contributed by atoms with Crippen molar-refractivity contribution in [3.05, 3.63) is 10.0 Å². The fraction of sp³-hybridized carbons (Fsp3) is 0.417. The van der Waals surface area contributed by atoms with Crippen LogP contribution in [0, 0.1) is 0 Å². The lowest BCUT2D eigenvalue weighted by atomic mass is 10.1. The second-order valence-electron chi connectivity index (χ2n) is 3.49. The first-order valence-corrected chi connectivity index (χ1v) is 6.07. The minimum atomic E-state index is -0.495. The summed E-state index contributed by atoms with van der Waals surface area (Å²) in [6, 6.07) is 0. The number of benzene rings is 1. The SMILES string of the molecule is COC(=O)Cc1c(O)c(OC)c(OC)c(OC)c1Br. The Bertz CT molecular complexity index is 455. The summed E-state index contributed by atoms with van der Waals surface area (Å²) in [5.41, 5.74) is 0.307. The standard InChI is InChI=1S/C12H15BrO6/c1-16-7(14)5-6-8(13)10(17-2)12(19-4)11(18-3)9(6)15/h15H,5H2,1-4H3. The molecule has 1 rings (SSSR count). The normalized spacial score (nSPS) is 9.95. The van der Waals surface area contributed by atoms with E-state index in [2.05, 4.69) is 20.7 Å². The number of phenols is 1. The smallest absolute Gasteiger partial charge is 0.310 e. The molecule has 106 valence electrons. The van der Waals surface area contributed by atoms with Gasteiger partial charge in [-0.2, -0.15) is 0 Å². The van der Waals surface area contributed by atoms with Gasteiger partial charge in [-0.3, -0.25) is 4.79 Å². The third kappa shape index (κ3) is 2.86. The summed E-state index contributed by atoms with van der Waals surface area (Å²) < 4.78 is 20.4. The molecule has 6 nitrogen and oxygen atoms in total. The zero-order valence-corrected chi connectivity index (χ0v) is 12.7. The maximum absolute atomic E-state index is 11.4. The number of rotatable bonds is 5. The summed E-state index contributed by atoms with van der Waals surface area (Å²) in [5.74, 6) is -0.0248. The van der Waals surface area contributed by atoms with Crippen molar-refractivity contribution in [2.45, 2.75) is 6.42 Å². The van der Waals surface area contributed by atoms with Gasteiger partial charge < -0.3 is 24.1 Å². The first kappa shape index (κ1) is 15.4. The van der Waals surface area contributed by atoms with Crippen molar-refractivity contribution in [2.24, 2.45) is 0 Å². The van der Waals surface area contributed by atoms with Crippen LogP contribution in [0.4, 0.5) is 0 Å². The van der Waals surface area contributed by atoms with Crippen molar-refractivity contribution in [3.8, 4) is 23.0 Å². The molecule has 0 aliphatic rings. The molecule has 0 aliphatic carbocycles. The van der Waals surface area contributed by atoms with Crippen molar-refractivity contribution in [3.63, 3.8) is 0 Å². The maximum Gasteiger partial charge on any atom is 0.310 e. The van der Waals surface area contributed by atoms with E-state index < -0.39 is 5.97 Å². The van der Waals surface area contributed by atoms with E-state index in [1.165, 1.54) is 28.4 Å². The van der Waals surface area contributed by atoms with Gasteiger partial charge in [0, 0.05) is 5.56 Å². The third-order valence-electron chi connectivity index (χ3n) is 2.54. The quantitative estimate of drug-likeness (QED) is 0.829. The highest BCUT2D eigenvalue weighted by molar-refractivity contribution is 9.10. The number of aromatic hydroxyl groups is 1. The number of hydrogen-bond donors (Lipinski definition) is 1. The molecule has 0 amide bonds. The Kier molecular flexibility index (Phi) is 5.29. The number of carbonyl (C=O) groups is 1. The lowest BCUT2D eigenvalue weighted by Crippen LogP contribution is -2.07. The monoisotopic (exact) mass is 334 g/mol. The van der Waals surface area contributed by atoms with Gasteiger partial charge in [-0.05, 0) is 15.9 Å². The van der Waals surface area contributed by atoms with Crippen LogP contribution in [0.5, 0.6) is 23.0 Å². The number of halogens is 1. The summed E-state index contributed by atoms with van der Waals surface area (Å²) >= 11 is 3.28. The first-order valence-electron chi connectivity index (χ1n) is 5.27. The van der Waals surface area contributed by atoms with Crippen molar-refractivity contribution >= 4 is 21.9 Å². The van der Waals surface area contributed by atoms with Crippen LogP contribution in [0.25, 0.3) is 0 Å². The molecule has 1 aromatic carbocycles. The van der Waals surface area contributed by atoms with Crippen LogP contribution >= 0.6 is 15.9 Å². The number of esters is 1. The number of carbonyl (C=O) groups excluding carboxylic acids is 1. The lowest BCUT2D eigenvalue weighted by Gasteiger charge is -2.18. The van der Waals surface area contributed by atoms with Crippen molar-refractivity contribution in [2.75, 3.05) is 28.4 Å². The summed E-state index contributed by atoms with van der Waals surface area (Å²) in [6.45, 7) is 0. The number of methoxy groups -OCH3 is 4. The van der Waals surface area contributed by atoms with E-state index >= 15 is 0 Å². The maximum atomic E-state index is 11.4. The predicted molar refractivity (Wildman–Crippen MR) is 71.2 cm³/mol. The van der Waals surface area contributed by atoms with E-state index in [-0.39, 0.29) is 23.7 Å². The minimum Gasteiger partial charge on any atom is -0.504 e. The second-order valence-corrected chi connectivity index (χ2v) is 4.29. The molecule has 7 heteroatoms. The molecule has 0 aliphatic heterocycles. The highest BCUT2D eigenvalue weighted by Crippen LogP contribution is 2.51. The average molecular weight is 335 g/mol. The number of hydrogen-bond acceptors (Lipinski definition) is 6. The number of ether oxygens (including phenoxy) is 4. The highest BCUT2D eigenvalue weighted by atomic mass is 79.9. The Morgan fingerprint density at radius 3 is 2.00 bits per heavy atom. The molecule has 0 fully saturated rings. The molecule has 0 radical (unpaired) electrons. The molecule has 0 saturated carbocycles. The van der Waals surface area contributed by atoms with Crippen LogP contribution in [0.15, 0.2) is 4.47 Å². The Morgan fingerprint density at radius 2 is 1.58 bits per heavy atom. The van der Waals surface area contributed by atoms with Gasteiger partial charge in [-0.15, -0.1) is 0 Å². The van der Waals surface area contributed by atoms with E-state index in [1.807, 2.05) is 0 Å². The van der Waals surface area contributed by atoms with E-state index in [9.17, 15) is 9.90 Å². The van der Waals surface area contributed by atoms with Crippen LogP contribution < -0.4 is 14.2 Å². The molecule has 0 spiro atoms. The average Bonchev–Trinajstić information content (AvgIpc) is 2.42. The van der Waals surface area contributed by atoms with Gasteiger partial charge in [-0.25, -0.2) is 0 Å². The van der Waals surface area contributed by atoms with E-state index in [0.717, 1.165) is 0 Å². The Labute approximate surface area is 119 Å². The van der Waals surface area contributed by atoms with Gasteiger partial charge in [0.15, 0.2) is 11.5 Å². The molecule has 0 saturated heterocycles. The predicted octanol–water partition coefficient (Wildman–Crippen LogP) is 1.90. The van der Waals surface area contributed by atoms with Gasteiger partial charge in [0.1, 0.15) is 0 Å². The summed E-state index contributed by atoms with van der Waals surface area (Å²) in [7, 11) is 5.52. The van der Waals surface area contributed by atoms with E-state index in [1.54, 1.807) is 0 Å². The summed E-state index contributed by atoms with van der Waals surface area (Å²) in [4.78, 5) is 11.4. The largest absolute Gasteiger partial charge is 0.504 e. The Balaban J connectivity index is 3.51. The van der Waals surface area contributed by atoms with Crippen molar-refractivity contribution < 1.29 is 28.8 Å². The van der Waals surface area contributed by atoms with Crippen LogP contribution in [-0.4, -0.2) is 39.5 Å². The molecule has 0 bridgehead atoms. The fourth-order valence-corrected chi connectivity index (χ4v) is 2.29. The molecule has 1 N–H and O–H groups in total. The summed E-state index contributed by atoms with van der Waals surface area (Å²) in [6.07, 6.45) is -0.125. The van der Waals surface area contributed by atoms with E-state index in [0.29, 0.717) is 15.8 Å². The Morgan fingerprint density at radius 1 is 1.05 bits per heavy atom. The molecular formula is C12H15BrO6. The van der Waals surface area contributed by atoms with Crippen LogP contribution in [0.2, 0.25) is 0 Å². The van der Waals surface area contributed by atoms with Crippen LogP contribution in [0.1, 0.15) is 5.56 Å². The van der Waals surface area contributed by atoms with Gasteiger partial charge in [-0.1, -0.05) is 0 Å². The van der Waals surface area contributed by atoms with Gasteiger partial charge in [0.25, 0.3) is 0 Å². The van der Waals surface area contributed by atoms with Crippen LogP contribution in [-0.2, 0) is 16.0 Å². The molecular weight excluding hydrogens is 320 g/mol. The van der Waals surface area contributed by atoms with Crippen molar-refractivity contribution in [1.29, 1.82) is 0 Å². The zero-order valence-electron chi connectivity index (χ0n) is 11.1. The topological polar surface area (TPSA) is 74.2 Å². The third-order valence-corrected chi connectivity index (χ3v) is 3.38. The van der Waals surface area contributed by atoms with Gasteiger partial charge >= 0.3 is 5.97 Å². The minimum absolute atomic E-state index is 0.0986. The molecule has 1 aromatic rings. The second kappa shape index (κ2) is 6.51. The first-order chi connectivity index (χ1) is 9.01. The summed E-state index contributed by atoms with van der Waals surface area (Å²) in [5, 5.41) is 10.1. The lowest BCUT2D eigenvalue weighted by molar-refractivity contribution is -0.139. The molecule has 0 heterocycles. The number of phenolic OH excluding ortho intramolecular Hbond substituents is 1. The molecule has 0 aromatic heterocycles. The highest BCUT2D eigenvalue weighted by Gasteiger charge is 2.26. The van der Waals surface area contributed by atoms with Crippen molar-refractivity contribution in [1.82, 2.24) is 0 Å². The zero-order chi connectivity index (χ0) is 14.6. The molecule has 19 heavy (non-hydrogen) atoms. The van der Waals surface area contributed by atoms with Gasteiger partial charge in [0.2, 0.25) is 11.5 Å². The van der Waals surface area contributed by atoms with Gasteiger partial charge in [0.05, 0.1) is 39.3 Å². The molecule has 0 atom stereocenters. The van der Waals surface area contributed by atoms with Crippen LogP contribution in [0.3, 0.4) is 0 Å². The Hall–Kier alpha value is -1.63.